The number of aliphatic hydroxyl groups excluding tert-OH is 1. The molecule has 1 heterocycles. The summed E-state index contributed by atoms with van der Waals surface area (Å²) in [5, 5.41) is 23.0. The third-order valence-corrected chi connectivity index (χ3v) is 4.17. The van der Waals surface area contributed by atoms with Crippen molar-refractivity contribution in [3.05, 3.63) is 39.9 Å². The summed E-state index contributed by atoms with van der Waals surface area (Å²) in [4.78, 5) is 26.4. The molecule has 8 heteroatoms. The summed E-state index contributed by atoms with van der Waals surface area (Å²) in [7, 11) is 0. The number of hydrogen-bond donors (Lipinski definition) is 3. The zero-order valence-corrected chi connectivity index (χ0v) is 13.7. The van der Waals surface area contributed by atoms with Crippen molar-refractivity contribution in [2.45, 2.75) is 12.8 Å². The zero-order chi connectivity index (χ0) is 16.8. The van der Waals surface area contributed by atoms with Gasteiger partial charge in [0, 0.05) is 22.6 Å². The van der Waals surface area contributed by atoms with Crippen molar-refractivity contribution in [3.8, 4) is 10.6 Å². The van der Waals surface area contributed by atoms with E-state index in [1.165, 1.54) is 11.3 Å². The summed E-state index contributed by atoms with van der Waals surface area (Å²) in [6.45, 7) is -0.406. The number of rotatable bonds is 7. The average Bonchev–Trinajstić information content (AvgIpc) is 2.94. The first-order chi connectivity index (χ1) is 11.0. The van der Waals surface area contributed by atoms with Crippen LogP contribution in [0.5, 0.6) is 0 Å². The number of nitrogens with zero attached hydrogens (tertiary/aromatic N) is 1. The Hall–Kier alpha value is -1.96. The number of aliphatic hydroxyl groups is 1. The van der Waals surface area contributed by atoms with E-state index in [0.717, 1.165) is 16.1 Å². The van der Waals surface area contributed by atoms with Crippen LogP contribution in [0.4, 0.5) is 0 Å². The number of aliphatic carboxylic acids is 1. The summed E-state index contributed by atoms with van der Waals surface area (Å²) >= 11 is 7.36. The van der Waals surface area contributed by atoms with Crippen LogP contribution in [0.3, 0.4) is 0 Å². The third kappa shape index (κ3) is 5.02. The van der Waals surface area contributed by atoms with Gasteiger partial charge in [-0.25, -0.2) is 4.98 Å². The molecule has 0 fully saturated rings. The van der Waals surface area contributed by atoms with Crippen molar-refractivity contribution >= 4 is 34.8 Å². The molecule has 2 aromatic rings. The second-order valence-corrected chi connectivity index (χ2v) is 6.06. The van der Waals surface area contributed by atoms with Crippen LogP contribution in [-0.2, 0) is 22.4 Å². The molecule has 0 radical (unpaired) electrons. The molecule has 0 bridgehead atoms. The normalized spacial score (nSPS) is 10.5. The van der Waals surface area contributed by atoms with Crippen molar-refractivity contribution in [3.63, 3.8) is 0 Å². The fraction of sp³-hybridized carbons (Fsp3) is 0.267. The molecule has 0 aliphatic carbocycles. The number of carboxylic acid groups (broad SMARTS) is 1. The van der Waals surface area contributed by atoms with Crippen molar-refractivity contribution in [1.82, 2.24) is 10.3 Å². The van der Waals surface area contributed by atoms with Crippen LogP contribution in [-0.4, -0.2) is 40.2 Å². The highest BCUT2D eigenvalue weighted by atomic mass is 35.5. The molecule has 1 aromatic carbocycles. The van der Waals surface area contributed by atoms with Crippen LogP contribution in [0.15, 0.2) is 23.6 Å². The molecular weight excluding hydrogens is 340 g/mol. The van der Waals surface area contributed by atoms with Crippen LogP contribution in [0.1, 0.15) is 11.3 Å². The fourth-order valence-corrected chi connectivity index (χ4v) is 3.09. The Morgan fingerprint density at radius 1 is 1.35 bits per heavy atom. The van der Waals surface area contributed by atoms with Gasteiger partial charge in [-0.3, -0.25) is 9.59 Å². The Balaban J connectivity index is 2.13. The summed E-state index contributed by atoms with van der Waals surface area (Å²) < 4.78 is 0. The van der Waals surface area contributed by atoms with Gasteiger partial charge in [-0.15, -0.1) is 11.3 Å². The van der Waals surface area contributed by atoms with Gasteiger partial charge in [-0.2, -0.15) is 0 Å². The van der Waals surface area contributed by atoms with Crippen LogP contribution in [0, 0.1) is 0 Å². The number of nitrogens with one attached hydrogen (secondary N) is 1. The maximum Gasteiger partial charge on any atom is 0.322 e. The quantitative estimate of drug-likeness (QED) is 0.703. The summed E-state index contributed by atoms with van der Waals surface area (Å²) in [5.74, 6) is -1.48. The van der Waals surface area contributed by atoms with Crippen LogP contribution < -0.4 is 5.32 Å². The molecule has 0 spiro atoms. The van der Waals surface area contributed by atoms with Crippen LogP contribution in [0.2, 0.25) is 5.02 Å². The number of carbonyl (C=O) groups is 2. The first-order valence-electron chi connectivity index (χ1n) is 6.82. The molecule has 3 N–H and O–H groups in total. The summed E-state index contributed by atoms with van der Waals surface area (Å²) in [6, 6.07) is 5.37. The first-order valence-corrected chi connectivity index (χ1v) is 8.08. The molecule has 0 aliphatic rings. The predicted octanol–water partition coefficient (Wildman–Crippen LogP) is 1.74. The van der Waals surface area contributed by atoms with E-state index in [0.29, 0.717) is 17.1 Å². The minimum atomic E-state index is -1.09. The first kappa shape index (κ1) is 17.4. The smallest absolute Gasteiger partial charge is 0.322 e. The molecule has 0 atom stereocenters. The van der Waals surface area contributed by atoms with Crippen molar-refractivity contribution in [2.24, 2.45) is 0 Å². The van der Waals surface area contributed by atoms with Gasteiger partial charge in [0.05, 0.1) is 12.1 Å². The molecule has 0 unspecified atom stereocenters. The third-order valence-electron chi connectivity index (χ3n) is 3.01. The largest absolute Gasteiger partial charge is 0.480 e. The lowest BCUT2D eigenvalue weighted by molar-refractivity contribution is -0.137. The topological polar surface area (TPSA) is 99.5 Å². The lowest BCUT2D eigenvalue weighted by atomic mass is 10.1. The van der Waals surface area contributed by atoms with E-state index in [1.807, 2.05) is 6.07 Å². The Morgan fingerprint density at radius 3 is 2.83 bits per heavy atom. The molecule has 1 aromatic heterocycles. The van der Waals surface area contributed by atoms with Gasteiger partial charge in [0.2, 0.25) is 5.91 Å². The molecule has 122 valence electrons. The minimum Gasteiger partial charge on any atom is -0.480 e. The number of benzene rings is 1. The number of carbonyl (C=O) groups excluding carboxylic acids is 1. The van der Waals surface area contributed by atoms with Gasteiger partial charge in [-0.05, 0) is 24.1 Å². The Morgan fingerprint density at radius 2 is 2.13 bits per heavy atom. The molecule has 0 aliphatic heterocycles. The number of halogens is 1. The molecule has 0 saturated heterocycles. The zero-order valence-electron chi connectivity index (χ0n) is 12.1. The number of carboxylic acids is 1. The van der Waals surface area contributed by atoms with Gasteiger partial charge in [0.15, 0.2) is 0 Å². The van der Waals surface area contributed by atoms with Crippen molar-refractivity contribution < 1.29 is 19.8 Å². The lowest BCUT2D eigenvalue weighted by Crippen LogP contribution is -2.30. The van der Waals surface area contributed by atoms with Crippen LogP contribution in [0.25, 0.3) is 10.6 Å². The summed E-state index contributed by atoms with van der Waals surface area (Å²) in [6.07, 6.45) is 0.483. The molecule has 2 rings (SSSR count). The van der Waals surface area contributed by atoms with E-state index < -0.39 is 18.4 Å². The number of aromatic nitrogens is 1. The lowest BCUT2D eigenvalue weighted by Gasteiger charge is -2.06. The number of hydrogen-bond acceptors (Lipinski definition) is 5. The van der Waals surface area contributed by atoms with Gasteiger partial charge in [0.25, 0.3) is 0 Å². The average molecular weight is 355 g/mol. The minimum absolute atomic E-state index is 0.00314. The second kappa shape index (κ2) is 8.05. The second-order valence-electron chi connectivity index (χ2n) is 4.77. The van der Waals surface area contributed by atoms with E-state index in [1.54, 1.807) is 17.5 Å². The van der Waals surface area contributed by atoms with Gasteiger partial charge < -0.3 is 15.5 Å². The molecule has 0 saturated carbocycles. The maximum atomic E-state index is 11.6. The fourth-order valence-electron chi connectivity index (χ4n) is 2.01. The SMILES string of the molecule is O=C(O)CNC(=O)Cc1csc(-c2ccc(Cl)cc2CCO)n1. The van der Waals surface area contributed by atoms with Crippen molar-refractivity contribution in [1.29, 1.82) is 0 Å². The molecular formula is C15H15ClN2O4S. The standard InChI is InChI=1S/C15H15ClN2O4S/c16-10-1-2-12(9(5-10)3-4-19)15-18-11(8-23-15)6-13(20)17-7-14(21)22/h1-2,5,8,19H,3-4,6-7H2,(H,17,20)(H,21,22). The van der Waals surface area contributed by atoms with E-state index >= 15 is 0 Å². The number of thiazole rings is 1. The highest BCUT2D eigenvalue weighted by molar-refractivity contribution is 7.13. The van der Waals surface area contributed by atoms with Crippen LogP contribution >= 0.6 is 22.9 Å². The molecule has 6 nitrogen and oxygen atoms in total. The highest BCUT2D eigenvalue weighted by Gasteiger charge is 2.12. The Labute approximate surface area is 141 Å². The Bertz CT molecular complexity index is 717. The monoisotopic (exact) mass is 354 g/mol. The maximum absolute atomic E-state index is 11.6. The highest BCUT2D eigenvalue weighted by Crippen LogP contribution is 2.29. The summed E-state index contributed by atoms with van der Waals surface area (Å²) in [5.41, 5.74) is 2.32. The van der Waals surface area contributed by atoms with E-state index in [-0.39, 0.29) is 13.0 Å². The molecule has 23 heavy (non-hydrogen) atoms. The van der Waals surface area contributed by atoms with E-state index in [2.05, 4.69) is 10.3 Å². The number of amides is 1. The van der Waals surface area contributed by atoms with Gasteiger partial charge in [-0.1, -0.05) is 17.7 Å². The van der Waals surface area contributed by atoms with Crippen molar-refractivity contribution in [2.75, 3.05) is 13.2 Å². The van der Waals surface area contributed by atoms with E-state index in [9.17, 15) is 9.59 Å². The van der Waals surface area contributed by atoms with Gasteiger partial charge >= 0.3 is 5.97 Å². The van der Waals surface area contributed by atoms with E-state index in [4.69, 9.17) is 21.8 Å². The van der Waals surface area contributed by atoms with Gasteiger partial charge in [0.1, 0.15) is 11.6 Å². The Kier molecular flexibility index (Phi) is 6.09. The molecule has 1 amide bonds. The predicted molar refractivity (Wildman–Crippen MR) is 87.7 cm³/mol.